The van der Waals surface area contributed by atoms with Gasteiger partial charge < -0.3 is 35.0 Å². The number of nitrogens with one attached hydrogen (secondary N) is 1. The van der Waals surface area contributed by atoms with E-state index in [9.17, 15) is 24.9 Å². The third-order valence-corrected chi connectivity index (χ3v) is 6.57. The van der Waals surface area contributed by atoms with Gasteiger partial charge in [-0.3, -0.25) is 0 Å². The van der Waals surface area contributed by atoms with Gasteiger partial charge in [-0.15, -0.1) is 0 Å². The minimum Gasteiger partial charge on any atom is -0.504 e. The highest BCUT2D eigenvalue weighted by atomic mass is 16.5. The molecule has 9 heteroatoms. The lowest BCUT2D eigenvalue weighted by atomic mass is 9.96. The molecule has 0 aliphatic rings. The Balaban J connectivity index is 1.32. The molecule has 4 aromatic carbocycles. The SMILES string of the molecule is C[C@@](Cc1ccc(OCCCN(Cc2ccccc2)C(=O)Nc2ccc(O)c(O)c2)cc1)(Oc1ccccc1)C(=O)O. The lowest BCUT2D eigenvalue weighted by Crippen LogP contribution is -2.43. The van der Waals surface area contributed by atoms with Gasteiger partial charge in [0.15, 0.2) is 11.5 Å². The Hall–Kier alpha value is -5.18. The van der Waals surface area contributed by atoms with Crippen molar-refractivity contribution in [3.05, 3.63) is 114 Å². The molecule has 0 aliphatic carbocycles. The summed E-state index contributed by atoms with van der Waals surface area (Å²) in [6.45, 7) is 2.67. The predicted molar refractivity (Wildman–Crippen MR) is 159 cm³/mol. The van der Waals surface area contributed by atoms with E-state index in [1.165, 1.54) is 18.2 Å². The second-order valence-corrected chi connectivity index (χ2v) is 10.0. The van der Waals surface area contributed by atoms with Crippen molar-refractivity contribution in [1.29, 1.82) is 0 Å². The largest absolute Gasteiger partial charge is 0.504 e. The Morgan fingerprint density at radius 3 is 2.12 bits per heavy atom. The van der Waals surface area contributed by atoms with Crippen molar-refractivity contribution >= 4 is 17.7 Å². The summed E-state index contributed by atoms with van der Waals surface area (Å²) in [6, 6.07) is 29.4. The molecular weight excluding hydrogens is 536 g/mol. The number of aliphatic carboxylic acids is 1. The van der Waals surface area contributed by atoms with E-state index < -0.39 is 11.6 Å². The fourth-order valence-corrected chi connectivity index (χ4v) is 4.30. The van der Waals surface area contributed by atoms with E-state index in [1.807, 2.05) is 48.5 Å². The summed E-state index contributed by atoms with van der Waals surface area (Å²) < 4.78 is 11.7. The van der Waals surface area contributed by atoms with E-state index in [0.717, 1.165) is 11.1 Å². The lowest BCUT2D eigenvalue weighted by Gasteiger charge is -2.26. The molecule has 0 radical (unpaired) electrons. The van der Waals surface area contributed by atoms with Crippen LogP contribution in [0.2, 0.25) is 0 Å². The molecule has 0 bridgehead atoms. The molecule has 0 aliphatic heterocycles. The highest BCUT2D eigenvalue weighted by Gasteiger charge is 2.36. The summed E-state index contributed by atoms with van der Waals surface area (Å²) in [7, 11) is 0. The summed E-state index contributed by atoms with van der Waals surface area (Å²) in [5.74, 6) is -0.538. The zero-order valence-electron chi connectivity index (χ0n) is 23.3. The second-order valence-electron chi connectivity index (χ2n) is 10.0. The van der Waals surface area contributed by atoms with E-state index in [1.54, 1.807) is 48.2 Å². The summed E-state index contributed by atoms with van der Waals surface area (Å²) in [5, 5.41) is 31.9. The van der Waals surface area contributed by atoms with Gasteiger partial charge in [0.2, 0.25) is 5.60 Å². The number of aromatic hydroxyl groups is 2. The fraction of sp³-hybridized carbons (Fsp3) is 0.212. The van der Waals surface area contributed by atoms with Crippen LogP contribution in [0.3, 0.4) is 0 Å². The molecule has 42 heavy (non-hydrogen) atoms. The first-order chi connectivity index (χ1) is 20.2. The molecule has 4 rings (SSSR count). The van der Waals surface area contributed by atoms with Crippen LogP contribution in [-0.4, -0.2) is 51.0 Å². The number of anilines is 1. The number of nitrogens with zero attached hydrogens (tertiary/aromatic N) is 1. The molecule has 2 amide bonds. The van der Waals surface area contributed by atoms with Gasteiger partial charge in [-0.25, -0.2) is 9.59 Å². The summed E-state index contributed by atoms with van der Waals surface area (Å²) in [6.07, 6.45) is 0.713. The maximum atomic E-state index is 13.1. The third-order valence-electron chi connectivity index (χ3n) is 6.57. The Labute approximate surface area is 244 Å². The number of carbonyl (C=O) groups is 2. The number of hydrogen-bond acceptors (Lipinski definition) is 6. The zero-order valence-corrected chi connectivity index (χ0v) is 23.3. The molecule has 0 heterocycles. The smallest absolute Gasteiger partial charge is 0.348 e. The van der Waals surface area contributed by atoms with Crippen molar-refractivity contribution in [3.63, 3.8) is 0 Å². The number of phenols is 2. The molecule has 218 valence electrons. The molecule has 0 saturated heterocycles. The van der Waals surface area contributed by atoms with Crippen molar-refractivity contribution in [1.82, 2.24) is 4.90 Å². The Morgan fingerprint density at radius 2 is 1.48 bits per heavy atom. The van der Waals surface area contributed by atoms with Gasteiger partial charge in [0.1, 0.15) is 11.5 Å². The van der Waals surface area contributed by atoms with Crippen LogP contribution in [0.1, 0.15) is 24.5 Å². The monoisotopic (exact) mass is 570 g/mol. The van der Waals surface area contributed by atoms with Gasteiger partial charge in [0.05, 0.1) is 6.61 Å². The van der Waals surface area contributed by atoms with Crippen molar-refractivity contribution in [2.45, 2.75) is 31.9 Å². The number of amides is 2. The van der Waals surface area contributed by atoms with Gasteiger partial charge in [-0.2, -0.15) is 0 Å². The molecule has 0 fully saturated rings. The quantitative estimate of drug-likeness (QED) is 0.0873. The van der Waals surface area contributed by atoms with Gasteiger partial charge in [0.25, 0.3) is 0 Å². The first-order valence-electron chi connectivity index (χ1n) is 13.5. The van der Waals surface area contributed by atoms with Gasteiger partial charge in [-0.05, 0) is 60.9 Å². The highest BCUT2D eigenvalue weighted by molar-refractivity contribution is 5.89. The molecule has 0 aromatic heterocycles. The number of ether oxygens (including phenoxy) is 2. The van der Waals surface area contributed by atoms with Gasteiger partial charge in [0, 0.05) is 31.3 Å². The third kappa shape index (κ3) is 8.41. The Kier molecular flexibility index (Phi) is 9.89. The topological polar surface area (TPSA) is 129 Å². The zero-order chi connectivity index (χ0) is 30.0. The van der Waals surface area contributed by atoms with Crippen LogP contribution in [-0.2, 0) is 17.8 Å². The molecule has 0 unspecified atom stereocenters. The number of urea groups is 1. The van der Waals surface area contributed by atoms with Crippen LogP contribution in [0.25, 0.3) is 0 Å². The van der Waals surface area contributed by atoms with E-state index >= 15 is 0 Å². The molecule has 9 nitrogen and oxygen atoms in total. The van der Waals surface area contributed by atoms with Crippen LogP contribution < -0.4 is 14.8 Å². The highest BCUT2D eigenvalue weighted by Crippen LogP contribution is 2.28. The van der Waals surface area contributed by atoms with Crippen LogP contribution in [0.15, 0.2) is 103 Å². The number of phenolic OH excluding ortho intramolecular Hbond substituents is 2. The second kappa shape index (κ2) is 13.9. The van der Waals surface area contributed by atoms with Crippen LogP contribution >= 0.6 is 0 Å². The number of carbonyl (C=O) groups excluding carboxylic acids is 1. The standard InChI is InChI=1S/C33H34N2O7/c1-33(31(38)39,42-28-11-6-3-7-12-28)22-24-13-16-27(17-14-24)41-20-8-19-35(23-25-9-4-2-5-10-25)32(40)34-26-15-18-29(36)30(37)21-26/h2-7,9-18,21,36-37H,8,19-20,22-23H2,1H3,(H,34,40)(H,38,39)/t33-/m0/s1. The number of rotatable bonds is 13. The number of para-hydroxylation sites is 1. The lowest BCUT2D eigenvalue weighted by molar-refractivity contribution is -0.153. The van der Waals surface area contributed by atoms with E-state index in [2.05, 4.69) is 5.32 Å². The molecule has 4 aromatic rings. The van der Waals surface area contributed by atoms with Crippen molar-refractivity contribution in [2.24, 2.45) is 0 Å². The van der Waals surface area contributed by atoms with Crippen LogP contribution in [0.4, 0.5) is 10.5 Å². The number of carboxylic acid groups (broad SMARTS) is 1. The van der Waals surface area contributed by atoms with Crippen molar-refractivity contribution < 1.29 is 34.4 Å². The average molecular weight is 571 g/mol. The summed E-state index contributed by atoms with van der Waals surface area (Å²) >= 11 is 0. The molecule has 0 spiro atoms. The Morgan fingerprint density at radius 1 is 0.810 bits per heavy atom. The van der Waals surface area contributed by atoms with Crippen LogP contribution in [0, 0.1) is 0 Å². The van der Waals surface area contributed by atoms with Gasteiger partial charge in [-0.1, -0.05) is 60.7 Å². The van der Waals surface area contributed by atoms with Crippen molar-refractivity contribution in [3.8, 4) is 23.0 Å². The molecule has 1 atom stereocenters. The first kappa shape index (κ1) is 29.8. The molecular formula is C33H34N2O7. The van der Waals surface area contributed by atoms with Gasteiger partial charge >= 0.3 is 12.0 Å². The maximum Gasteiger partial charge on any atom is 0.348 e. The van der Waals surface area contributed by atoms with Crippen molar-refractivity contribution in [2.75, 3.05) is 18.5 Å². The minimum absolute atomic E-state index is 0.167. The number of carboxylic acids is 1. The summed E-state index contributed by atoms with van der Waals surface area (Å²) in [4.78, 5) is 26.7. The normalized spacial score (nSPS) is 12.1. The van der Waals surface area contributed by atoms with E-state index in [4.69, 9.17) is 9.47 Å². The molecule has 4 N–H and O–H groups in total. The van der Waals surface area contributed by atoms with E-state index in [0.29, 0.717) is 43.3 Å². The van der Waals surface area contributed by atoms with Crippen LogP contribution in [0.5, 0.6) is 23.0 Å². The fourth-order valence-electron chi connectivity index (χ4n) is 4.30. The first-order valence-corrected chi connectivity index (χ1v) is 13.5. The predicted octanol–water partition coefficient (Wildman–Crippen LogP) is 6.07. The molecule has 0 saturated carbocycles. The number of hydrogen-bond donors (Lipinski definition) is 4. The van der Waals surface area contributed by atoms with E-state index in [-0.39, 0.29) is 24.0 Å². The Bertz CT molecular complexity index is 1460. The number of benzene rings is 4. The minimum atomic E-state index is -1.44. The average Bonchev–Trinajstić information content (AvgIpc) is 2.98. The maximum absolute atomic E-state index is 13.1. The summed E-state index contributed by atoms with van der Waals surface area (Å²) in [5.41, 5.74) is 0.667.